The van der Waals surface area contributed by atoms with Gasteiger partial charge in [-0.05, 0) is 51.0 Å². The van der Waals surface area contributed by atoms with Gasteiger partial charge in [-0.3, -0.25) is 5.10 Å². The van der Waals surface area contributed by atoms with E-state index in [9.17, 15) is 8.42 Å². The zero-order valence-electron chi connectivity index (χ0n) is 12.6. The molecular formula is C14H24N4O2S. The number of aromatic nitrogens is 2. The van der Waals surface area contributed by atoms with Crippen LogP contribution in [0.15, 0.2) is 11.2 Å². The molecule has 21 heavy (non-hydrogen) atoms. The highest BCUT2D eigenvalue weighted by Crippen LogP contribution is 2.49. The summed E-state index contributed by atoms with van der Waals surface area (Å²) in [6, 6.07) is -0.0176. The number of hydrogen-bond donors (Lipinski definition) is 3. The van der Waals surface area contributed by atoms with Crippen LogP contribution in [0.4, 0.5) is 0 Å². The smallest absolute Gasteiger partial charge is 0.258 e. The number of aromatic amines is 1. The monoisotopic (exact) mass is 312 g/mol. The summed E-state index contributed by atoms with van der Waals surface area (Å²) >= 11 is 0. The molecular weight excluding hydrogens is 288 g/mol. The van der Waals surface area contributed by atoms with Gasteiger partial charge in [0.25, 0.3) is 10.0 Å². The maximum Gasteiger partial charge on any atom is 0.258 e. The second-order valence-corrected chi connectivity index (χ2v) is 8.15. The highest BCUT2D eigenvalue weighted by Gasteiger charge is 2.42. The second kappa shape index (κ2) is 5.70. The Morgan fingerprint density at radius 1 is 1.43 bits per heavy atom. The van der Waals surface area contributed by atoms with E-state index in [0.717, 1.165) is 5.92 Å². The molecule has 2 saturated carbocycles. The quantitative estimate of drug-likeness (QED) is 0.737. The predicted octanol–water partition coefficient (Wildman–Crippen LogP) is 1.23. The highest BCUT2D eigenvalue weighted by molar-refractivity contribution is 7.89. The summed E-state index contributed by atoms with van der Waals surface area (Å²) in [6.45, 7) is 2.48. The lowest BCUT2D eigenvalue weighted by molar-refractivity contribution is 0.280. The van der Waals surface area contributed by atoms with Crippen molar-refractivity contribution in [3.8, 4) is 0 Å². The summed E-state index contributed by atoms with van der Waals surface area (Å²) in [6.07, 6.45) is 6.60. The van der Waals surface area contributed by atoms with E-state index in [4.69, 9.17) is 0 Å². The molecule has 1 aromatic rings. The summed E-state index contributed by atoms with van der Waals surface area (Å²) < 4.78 is 28.0. The Morgan fingerprint density at radius 3 is 2.86 bits per heavy atom. The Bertz CT molecular complexity index is 598. The maximum absolute atomic E-state index is 12.6. The molecule has 0 spiro atoms. The zero-order chi connectivity index (χ0) is 15.0. The fraction of sp³-hybridized carbons (Fsp3) is 0.786. The molecule has 2 aliphatic carbocycles. The van der Waals surface area contributed by atoms with Gasteiger partial charge in [-0.25, -0.2) is 13.1 Å². The van der Waals surface area contributed by atoms with Gasteiger partial charge in [-0.1, -0.05) is 6.42 Å². The molecule has 0 radical (unpaired) electrons. The van der Waals surface area contributed by atoms with Gasteiger partial charge in [0.1, 0.15) is 0 Å². The summed E-state index contributed by atoms with van der Waals surface area (Å²) in [4.78, 5) is 0. The minimum Gasteiger partial charge on any atom is -0.316 e. The largest absolute Gasteiger partial charge is 0.316 e. The molecule has 1 aromatic heterocycles. The Morgan fingerprint density at radius 2 is 2.24 bits per heavy atom. The van der Waals surface area contributed by atoms with Gasteiger partial charge in [0, 0.05) is 18.2 Å². The summed E-state index contributed by atoms with van der Waals surface area (Å²) in [5.41, 5.74) is 0.671. The third kappa shape index (κ3) is 2.86. The van der Waals surface area contributed by atoms with Gasteiger partial charge >= 0.3 is 0 Å². The van der Waals surface area contributed by atoms with Crippen molar-refractivity contribution in [1.29, 1.82) is 0 Å². The highest BCUT2D eigenvalue weighted by atomic mass is 32.2. The number of nitrogens with zero attached hydrogens (tertiary/aromatic N) is 1. The molecule has 0 aliphatic heterocycles. The van der Waals surface area contributed by atoms with Crippen molar-refractivity contribution in [1.82, 2.24) is 20.2 Å². The number of nitrogens with one attached hydrogen (secondary N) is 3. The van der Waals surface area contributed by atoms with Crippen LogP contribution in [0.1, 0.15) is 38.2 Å². The molecule has 3 N–H and O–H groups in total. The predicted molar refractivity (Wildman–Crippen MR) is 80.1 cm³/mol. The number of rotatable bonds is 6. The second-order valence-electron chi connectivity index (χ2n) is 6.50. The summed E-state index contributed by atoms with van der Waals surface area (Å²) in [5, 5.41) is 9.63. The third-order valence-electron chi connectivity index (χ3n) is 5.09. The third-order valence-corrected chi connectivity index (χ3v) is 6.66. The molecule has 6 nitrogen and oxygen atoms in total. The molecule has 0 saturated heterocycles. The average molecular weight is 312 g/mol. The Hall–Kier alpha value is -0.920. The van der Waals surface area contributed by atoms with E-state index in [1.165, 1.54) is 25.7 Å². The average Bonchev–Trinajstić information content (AvgIpc) is 3.14. The van der Waals surface area contributed by atoms with E-state index in [1.807, 2.05) is 6.92 Å². The van der Waals surface area contributed by atoms with Gasteiger partial charge < -0.3 is 5.32 Å². The first-order valence-electron chi connectivity index (χ1n) is 7.70. The van der Waals surface area contributed by atoms with Crippen LogP contribution < -0.4 is 10.0 Å². The fourth-order valence-corrected chi connectivity index (χ4v) is 5.57. The van der Waals surface area contributed by atoms with Crippen molar-refractivity contribution in [2.75, 3.05) is 7.05 Å². The van der Waals surface area contributed by atoms with Crippen LogP contribution in [-0.4, -0.2) is 31.7 Å². The molecule has 2 bridgehead atoms. The molecule has 4 unspecified atom stereocenters. The molecule has 2 fully saturated rings. The first kappa shape index (κ1) is 15.0. The molecule has 0 aromatic carbocycles. The van der Waals surface area contributed by atoms with Crippen LogP contribution in [0.5, 0.6) is 0 Å². The first-order valence-corrected chi connectivity index (χ1v) is 9.18. The van der Waals surface area contributed by atoms with Gasteiger partial charge in [-0.2, -0.15) is 5.10 Å². The lowest BCUT2D eigenvalue weighted by Gasteiger charge is -2.28. The number of fused-ring (bicyclic) bond motifs is 2. The molecule has 3 rings (SSSR count). The van der Waals surface area contributed by atoms with Crippen LogP contribution in [0.2, 0.25) is 0 Å². The topological polar surface area (TPSA) is 86.9 Å². The van der Waals surface area contributed by atoms with Gasteiger partial charge in [0.2, 0.25) is 0 Å². The van der Waals surface area contributed by atoms with Gasteiger partial charge in [0.05, 0.1) is 6.20 Å². The molecule has 2 aliphatic rings. The van der Waals surface area contributed by atoms with Crippen molar-refractivity contribution < 1.29 is 8.42 Å². The van der Waals surface area contributed by atoms with Gasteiger partial charge in [-0.15, -0.1) is 0 Å². The zero-order valence-corrected chi connectivity index (χ0v) is 13.4. The van der Waals surface area contributed by atoms with Crippen molar-refractivity contribution in [2.24, 2.45) is 17.8 Å². The fourth-order valence-electron chi connectivity index (χ4n) is 4.15. The maximum atomic E-state index is 12.6. The Balaban J connectivity index is 1.72. The van der Waals surface area contributed by atoms with Crippen LogP contribution >= 0.6 is 0 Å². The van der Waals surface area contributed by atoms with Crippen LogP contribution in [0.3, 0.4) is 0 Å². The normalized spacial score (nSPS) is 29.9. The molecule has 1 heterocycles. The minimum atomic E-state index is -3.53. The van der Waals surface area contributed by atoms with Crippen LogP contribution in [0.25, 0.3) is 0 Å². The number of H-pyrrole nitrogens is 1. The van der Waals surface area contributed by atoms with E-state index >= 15 is 0 Å². The first-order chi connectivity index (χ1) is 10.0. The number of hydrogen-bond acceptors (Lipinski definition) is 4. The minimum absolute atomic E-state index is 0.0176. The number of sulfonamides is 1. The van der Waals surface area contributed by atoms with Crippen molar-refractivity contribution in [2.45, 2.75) is 50.2 Å². The van der Waals surface area contributed by atoms with E-state index in [-0.39, 0.29) is 11.1 Å². The van der Waals surface area contributed by atoms with Gasteiger partial charge in [0.15, 0.2) is 5.03 Å². The SMILES string of the molecule is CNCc1cn[nH]c1S(=O)(=O)NC(C)C1CC2CCC1C2. The van der Waals surface area contributed by atoms with Crippen molar-refractivity contribution in [3.63, 3.8) is 0 Å². The summed E-state index contributed by atoms with van der Waals surface area (Å²) in [7, 11) is -1.74. The van der Waals surface area contributed by atoms with E-state index < -0.39 is 10.0 Å². The lowest BCUT2D eigenvalue weighted by Crippen LogP contribution is -2.40. The van der Waals surface area contributed by atoms with Crippen molar-refractivity contribution >= 4 is 10.0 Å². The van der Waals surface area contributed by atoms with E-state index in [0.29, 0.717) is 23.9 Å². The Kier molecular flexibility index (Phi) is 4.07. The van der Waals surface area contributed by atoms with E-state index in [1.54, 1.807) is 13.2 Å². The molecule has 0 amide bonds. The van der Waals surface area contributed by atoms with Crippen molar-refractivity contribution in [3.05, 3.63) is 11.8 Å². The lowest BCUT2D eigenvalue weighted by atomic mass is 9.84. The molecule has 118 valence electrons. The van der Waals surface area contributed by atoms with Crippen LogP contribution in [-0.2, 0) is 16.6 Å². The molecule has 4 atom stereocenters. The van der Waals surface area contributed by atoms with Crippen LogP contribution in [0, 0.1) is 17.8 Å². The molecule has 7 heteroatoms. The standard InChI is InChI=1S/C14H24N4O2S/c1-9(13-6-10-3-4-11(13)5-10)18-21(19,20)14-12(7-15-2)8-16-17-14/h8-11,13,15,18H,3-7H2,1-2H3,(H,16,17). The summed E-state index contributed by atoms with van der Waals surface area (Å²) in [5.74, 6) is 2.00. The Labute approximate surface area is 126 Å². The van der Waals surface area contributed by atoms with E-state index in [2.05, 4.69) is 20.2 Å².